The van der Waals surface area contributed by atoms with Crippen LogP contribution in [0.1, 0.15) is 230 Å². The number of aryl methyl sites for hydroxylation is 1. The van der Waals surface area contributed by atoms with Crippen molar-refractivity contribution in [3.8, 4) is 70.4 Å². The van der Waals surface area contributed by atoms with Crippen LogP contribution in [0.25, 0.3) is 0 Å². The lowest BCUT2D eigenvalue weighted by Gasteiger charge is -2.55. The SMILES string of the molecule is CCCCCC[N+]12CC[N+](CCCOc3cc(C#Cc4ccc(C(=O)OCC)cc4)c(OCCC[N+]45CC[N+](CCCCCC)(CC4)CC5)cc3C#Cc3ccc(CC)cc3)(CC1)CC2.CCCCCC[N+]12CC[N+](CCCOc3ccc(C#Cc4ccc(C#Cc5ccc(OCCC[N+]67CC[N+](CCCCCC)(CC6)CC7)cc5)cc4)cc3)(CC1)CC2.O=C=O. The number of carbonyl (C=O) groups excluding carboxylic acids is 3. The summed E-state index contributed by atoms with van der Waals surface area (Å²) in [6.45, 7) is 59.1. The van der Waals surface area contributed by atoms with Crippen molar-refractivity contribution in [3.05, 3.63) is 189 Å². The predicted molar refractivity (Wildman–Crippen MR) is 508 cm³/mol. The van der Waals surface area contributed by atoms with Gasteiger partial charge in [0.15, 0.2) is 0 Å². The van der Waals surface area contributed by atoms with E-state index in [0.29, 0.717) is 25.4 Å². The van der Waals surface area contributed by atoms with Crippen molar-refractivity contribution in [2.24, 2.45) is 0 Å². The molecule has 12 aliphatic heterocycles. The van der Waals surface area contributed by atoms with Crippen LogP contribution in [0.2, 0.25) is 0 Å². The number of rotatable bonds is 43. The van der Waals surface area contributed by atoms with E-state index in [4.69, 9.17) is 33.3 Å². The summed E-state index contributed by atoms with van der Waals surface area (Å²) < 4.78 is 41.7. The van der Waals surface area contributed by atoms with Crippen molar-refractivity contribution in [2.75, 3.05) is 242 Å². The fraction of sp³-hybridized carbons (Fsp3) is 0.582. The first-order valence-corrected chi connectivity index (χ1v) is 49.8. The molecule has 16 nitrogen and oxygen atoms in total. The first kappa shape index (κ1) is 96.4. The van der Waals surface area contributed by atoms with E-state index in [1.54, 1.807) is 12.1 Å². The molecule has 12 saturated heterocycles. The molecule has 12 heterocycles. The molecular weight excluding hydrogens is 1560 g/mol. The number of unbranched alkanes of at least 4 members (excludes halogenated alkanes) is 12. The van der Waals surface area contributed by atoms with Crippen molar-refractivity contribution >= 4 is 12.1 Å². The zero-order valence-electron chi connectivity index (χ0n) is 78.6. The second kappa shape index (κ2) is 48.6. The fourth-order valence-electron chi connectivity index (χ4n) is 21.5. The summed E-state index contributed by atoms with van der Waals surface area (Å²) in [7, 11) is 0. The summed E-state index contributed by atoms with van der Waals surface area (Å²) in [5.74, 6) is 30.1. The molecule has 0 atom stereocenters. The number of ether oxygens (including phenoxy) is 5. The number of nitrogens with zero attached hydrogens (tertiary/aromatic N) is 8. The summed E-state index contributed by atoms with van der Waals surface area (Å²) in [6.07, 6.45) is 27.5. The first-order valence-electron chi connectivity index (χ1n) is 49.8. The van der Waals surface area contributed by atoms with Gasteiger partial charge < -0.3 is 59.5 Å². The van der Waals surface area contributed by atoms with E-state index < -0.39 is 0 Å². The molecule has 126 heavy (non-hydrogen) atoms. The molecule has 0 saturated carbocycles. The summed E-state index contributed by atoms with van der Waals surface area (Å²) in [4.78, 5) is 28.6. The Kier molecular flexibility index (Phi) is 37.2. The molecule has 6 aromatic carbocycles. The molecule has 0 spiro atoms. The van der Waals surface area contributed by atoms with Gasteiger partial charge in [-0.15, -0.1) is 0 Å². The van der Waals surface area contributed by atoms with Gasteiger partial charge in [-0.2, -0.15) is 9.59 Å². The zero-order valence-corrected chi connectivity index (χ0v) is 78.6. The number of quaternary nitrogens is 8. The second-order valence-corrected chi connectivity index (χ2v) is 38.8. The highest BCUT2D eigenvalue weighted by molar-refractivity contribution is 5.89. The fourth-order valence-corrected chi connectivity index (χ4v) is 21.5. The van der Waals surface area contributed by atoms with Crippen LogP contribution in [-0.4, -0.2) is 290 Å². The second-order valence-electron chi connectivity index (χ2n) is 38.8. The van der Waals surface area contributed by atoms with Crippen molar-refractivity contribution in [3.63, 3.8) is 0 Å². The summed E-state index contributed by atoms with van der Waals surface area (Å²) in [5.41, 5.74) is 9.22. The van der Waals surface area contributed by atoms with E-state index >= 15 is 0 Å². The van der Waals surface area contributed by atoms with E-state index in [1.165, 1.54) is 341 Å². The van der Waals surface area contributed by atoms with Gasteiger partial charge in [-0.05, 0) is 179 Å². The van der Waals surface area contributed by atoms with Crippen LogP contribution < -0.4 is 18.9 Å². The largest absolute Gasteiger partial charge is 0.493 e. The summed E-state index contributed by atoms with van der Waals surface area (Å²) >= 11 is 0. The molecule has 0 amide bonds. The number of hydrogen-bond donors (Lipinski definition) is 0. The van der Waals surface area contributed by atoms with Crippen LogP contribution in [0.3, 0.4) is 0 Å². The van der Waals surface area contributed by atoms with Gasteiger partial charge in [-0.1, -0.05) is 145 Å². The van der Waals surface area contributed by atoms with Crippen LogP contribution in [0, 0.1) is 47.4 Å². The third-order valence-corrected chi connectivity index (χ3v) is 30.5. The number of carbonyl (C=O) groups is 1. The maximum Gasteiger partial charge on any atom is 0.373 e. The normalized spacial score (nSPS) is 24.3. The number of esters is 1. The molecule has 676 valence electrons. The third kappa shape index (κ3) is 28.4. The Labute approximate surface area is 759 Å². The van der Waals surface area contributed by atoms with E-state index in [9.17, 15) is 4.79 Å². The molecule has 12 fully saturated rings. The Morgan fingerprint density at radius 3 is 0.738 bits per heavy atom. The van der Waals surface area contributed by atoms with E-state index in [-0.39, 0.29) is 12.1 Å². The van der Waals surface area contributed by atoms with Gasteiger partial charge in [0.2, 0.25) is 0 Å². The van der Waals surface area contributed by atoms with Gasteiger partial charge in [0.1, 0.15) is 180 Å². The Bertz CT molecular complexity index is 4430. The lowest BCUT2D eigenvalue weighted by molar-refractivity contribution is -1.08. The van der Waals surface area contributed by atoms with Crippen LogP contribution in [0.4, 0.5) is 0 Å². The minimum atomic E-state index is -0.321. The van der Waals surface area contributed by atoms with Crippen LogP contribution in [-0.2, 0) is 20.7 Å². The Hall–Kier alpha value is -8.71. The Balaban J connectivity index is 0.000000224. The summed E-state index contributed by atoms with van der Waals surface area (Å²) in [6, 6.07) is 44.8. The van der Waals surface area contributed by atoms with Crippen LogP contribution in [0.5, 0.6) is 23.0 Å². The molecule has 0 aromatic heterocycles. The minimum absolute atomic E-state index is 0.250. The standard InChI is InChI=1S/C57H82N4O4.C52H74N4O2.CO2/c1-5-9-11-13-29-58-33-39-60(40-34-58,41-35-58)31-15-45-64-55-48-54(28-24-51-21-25-52(26-22-51)57(62)63-8-4)56(47-53(55)27-23-50-19-17-49(7-3)18-20-50)65-46-16-32-61-42-36-59(37-43-61,38-44-61)30-14-12-10-6-2;1-3-5-7-9-29-53-33-39-55(40-34-53,41-35-53)31-11-45-57-51-25-21-49(22-26-51)19-17-47-13-15-48(16-14-47)18-20-50-23-27-52(28-24-50)58-46-12-32-56-42-36-54(37-43-56,38-44-56)30-10-8-6-4-2;2-1-3/h17-22,25-26,47-48H,5-16,29-46H2,1-4H3;13-16,21-28H,3-12,29-46H2,1-2H3;/q2*+4;. The third-order valence-electron chi connectivity index (χ3n) is 30.5. The molecule has 18 rings (SSSR count). The highest BCUT2D eigenvalue weighted by Gasteiger charge is 2.52. The van der Waals surface area contributed by atoms with Gasteiger partial charge in [-0.25, -0.2) is 4.79 Å². The average molecular weight is 1720 g/mol. The minimum Gasteiger partial charge on any atom is -0.493 e. The summed E-state index contributed by atoms with van der Waals surface area (Å²) in [5, 5.41) is 0. The first-order chi connectivity index (χ1) is 61.6. The van der Waals surface area contributed by atoms with Gasteiger partial charge >= 0.3 is 12.1 Å². The highest BCUT2D eigenvalue weighted by Crippen LogP contribution is 2.35. The van der Waals surface area contributed by atoms with Gasteiger partial charge in [0, 0.05) is 71.2 Å². The molecule has 0 aliphatic carbocycles. The number of fused-ring (bicyclic) bond motifs is 12. The van der Waals surface area contributed by atoms with Crippen LogP contribution >= 0.6 is 0 Å². The maximum absolute atomic E-state index is 12.4. The number of piperazine rings is 12. The molecule has 12 aliphatic rings. The van der Waals surface area contributed by atoms with Crippen molar-refractivity contribution in [1.29, 1.82) is 0 Å². The Morgan fingerprint density at radius 1 is 0.270 bits per heavy atom. The van der Waals surface area contributed by atoms with Crippen molar-refractivity contribution in [2.45, 2.75) is 176 Å². The number of benzene rings is 6. The molecule has 0 N–H and O–H groups in total. The smallest absolute Gasteiger partial charge is 0.373 e. The topological polar surface area (TPSA) is 97.4 Å². The average Bonchev–Trinajstić information content (AvgIpc) is 0.785. The quantitative estimate of drug-likeness (QED) is 0.0162. The molecular formula is C110H156N8O8+8. The highest BCUT2D eigenvalue weighted by atomic mass is 16.5. The molecule has 16 heteroatoms. The number of hydrogen-bond acceptors (Lipinski definition) is 8. The van der Waals surface area contributed by atoms with Gasteiger partial charge in [0.05, 0.1) is 102 Å². The lowest BCUT2D eigenvalue weighted by atomic mass is 10.0. The predicted octanol–water partition coefficient (Wildman–Crippen LogP) is 17.2. The monoisotopic (exact) mass is 1720 g/mol. The molecule has 8 bridgehead atoms. The van der Waals surface area contributed by atoms with Crippen molar-refractivity contribution < 1.29 is 73.9 Å². The maximum atomic E-state index is 12.4. The molecule has 0 radical (unpaired) electrons. The lowest BCUT2D eigenvalue weighted by Crippen LogP contribution is -2.75. The molecule has 0 unspecified atom stereocenters. The van der Waals surface area contributed by atoms with E-state index in [1.807, 2.05) is 19.1 Å². The van der Waals surface area contributed by atoms with Gasteiger partial charge in [-0.3, -0.25) is 0 Å². The zero-order chi connectivity index (χ0) is 88.1. The Morgan fingerprint density at radius 2 is 0.492 bits per heavy atom. The van der Waals surface area contributed by atoms with Crippen molar-refractivity contribution in [1.82, 2.24) is 0 Å². The van der Waals surface area contributed by atoms with Gasteiger partial charge in [0.25, 0.3) is 0 Å². The van der Waals surface area contributed by atoms with E-state index in [0.717, 1.165) is 126 Å². The van der Waals surface area contributed by atoms with Crippen LogP contribution in [0.15, 0.2) is 133 Å². The van der Waals surface area contributed by atoms with E-state index in [2.05, 4.69) is 191 Å². The molecule has 6 aromatic rings.